The van der Waals surface area contributed by atoms with Crippen LogP contribution in [0.4, 0.5) is 52.7 Å². The normalized spacial score (nSPS) is 19.3. The first-order valence-corrected chi connectivity index (χ1v) is 13.2. The van der Waals surface area contributed by atoms with Gasteiger partial charge in [0.1, 0.15) is 0 Å². The number of rotatable bonds is 9. The summed E-state index contributed by atoms with van der Waals surface area (Å²) in [4.78, 5) is 0. The number of hydrogen-bond donors (Lipinski definition) is 0. The maximum atomic E-state index is 12.8. The molecule has 206 valence electrons. The molecule has 1 aliphatic rings. The van der Waals surface area contributed by atoms with Gasteiger partial charge in [-0.2, -0.15) is 52.7 Å². The van der Waals surface area contributed by atoms with Crippen LogP contribution in [-0.2, 0) is 18.1 Å². The molecule has 0 saturated heterocycles. The maximum Gasteiger partial charge on any atom is 0.412 e. The molecular weight excluding hydrogens is 595 g/mol. The van der Waals surface area contributed by atoms with E-state index in [4.69, 9.17) is 0 Å². The molecule has 36 heavy (non-hydrogen) atoms. The third-order valence-corrected chi connectivity index (χ3v) is 10.8. The molecule has 1 aliphatic heterocycles. The lowest BCUT2D eigenvalue weighted by atomic mass is 10.4. The average Bonchev–Trinajstić information content (AvgIpc) is 2.73. The molecule has 1 aromatic rings. The van der Waals surface area contributed by atoms with Gasteiger partial charge in [-0.15, -0.1) is 4.52 Å². The van der Waals surface area contributed by atoms with Crippen molar-refractivity contribution >= 4 is 28.5 Å². The van der Waals surface area contributed by atoms with Crippen molar-refractivity contribution in [2.45, 2.75) is 24.7 Å². The maximum absolute atomic E-state index is 12.8. The van der Waals surface area contributed by atoms with Crippen LogP contribution in [0, 0.1) is 0 Å². The van der Waals surface area contributed by atoms with Crippen LogP contribution in [-0.4, -0.2) is 51.1 Å². The highest BCUT2D eigenvalue weighted by Crippen LogP contribution is 2.75. The van der Waals surface area contributed by atoms with E-state index in [1.54, 1.807) is 0 Å². The van der Waals surface area contributed by atoms with E-state index in [2.05, 4.69) is 31.6 Å². The van der Waals surface area contributed by atoms with Gasteiger partial charge < -0.3 is 0 Å². The van der Waals surface area contributed by atoms with Gasteiger partial charge in [-0.25, -0.2) is 0 Å². The van der Waals surface area contributed by atoms with Crippen LogP contribution in [0.5, 0.6) is 0 Å². The summed E-state index contributed by atoms with van der Waals surface area (Å²) in [6.07, 6.45) is -20.9. The van der Waals surface area contributed by atoms with Crippen LogP contribution in [0.2, 0.25) is 0 Å². The van der Waals surface area contributed by atoms with Gasteiger partial charge in [0, 0.05) is 9.03 Å². The molecule has 22 heteroatoms. The van der Waals surface area contributed by atoms with E-state index in [0.717, 1.165) is 12.1 Å². The zero-order valence-corrected chi connectivity index (χ0v) is 19.8. The molecule has 1 aromatic carbocycles. The fourth-order valence-corrected chi connectivity index (χ4v) is 10.6. The molecule has 0 aliphatic carbocycles. The lowest BCUT2D eigenvalue weighted by Crippen LogP contribution is -2.21. The lowest BCUT2D eigenvalue weighted by molar-refractivity contribution is -0.163. The summed E-state index contributed by atoms with van der Waals surface area (Å²) in [6.45, 7) is -9.44. The topological polar surface area (TPSA) is 74.0 Å². The van der Waals surface area contributed by atoms with Gasteiger partial charge in [0.05, 0.1) is 0 Å². The van der Waals surface area contributed by atoms with E-state index >= 15 is 0 Å². The third-order valence-electron chi connectivity index (χ3n) is 3.19. The van der Waals surface area contributed by atoms with Gasteiger partial charge in [-0.05, 0) is 12.1 Å². The first kappa shape index (κ1) is 31.0. The zero-order valence-electron chi connectivity index (χ0n) is 17.1. The van der Waals surface area contributed by atoms with Crippen LogP contribution in [0.25, 0.3) is 0 Å². The minimum atomic E-state index is -5.28. The lowest BCUT2D eigenvalue weighted by Gasteiger charge is -2.26. The Labute approximate surface area is 195 Å². The minimum Gasteiger partial charge on any atom is -0.295 e. The molecule has 0 radical (unpaired) electrons. The fourth-order valence-electron chi connectivity index (χ4n) is 1.99. The highest BCUT2D eigenvalue weighted by atomic mass is 31.3. The summed E-state index contributed by atoms with van der Waals surface area (Å²) in [5.41, 5.74) is 0. The molecule has 1 unspecified atom stereocenters. The fraction of sp³-hybridized carbons (Fsp3) is 0.571. The van der Waals surface area contributed by atoms with Gasteiger partial charge in [-0.1, -0.05) is 18.2 Å². The van der Waals surface area contributed by atoms with Crippen molar-refractivity contribution in [2.24, 2.45) is 13.5 Å². The van der Waals surface area contributed by atoms with Gasteiger partial charge in [0.25, 0.3) is 0 Å². The molecule has 0 spiro atoms. The molecule has 1 atom stereocenters. The quantitative estimate of drug-likeness (QED) is 0.210. The smallest absolute Gasteiger partial charge is 0.295 e. The van der Waals surface area contributed by atoms with Crippen LogP contribution < -0.4 is 5.30 Å². The second-order valence-corrected chi connectivity index (χ2v) is 12.7. The summed E-state index contributed by atoms with van der Waals surface area (Å²) in [5.74, 6) is 0. The highest BCUT2D eigenvalue weighted by molar-refractivity contribution is 7.77. The third kappa shape index (κ3) is 11.0. The SMILES string of the molecule is FC(F)(F)COP1(OCC(F)(F)F)=N[P+](c2ccccc2)=NP(OCC(F)(F)F)(OCC(F)(F)F)=N1. The summed E-state index contributed by atoms with van der Waals surface area (Å²) >= 11 is 0. The van der Waals surface area contributed by atoms with E-state index in [0.29, 0.717) is 0 Å². The molecule has 0 saturated carbocycles. The van der Waals surface area contributed by atoms with E-state index in [1.807, 2.05) is 0 Å². The molecular formula is C14H13F12N3O4P3+. The Morgan fingerprint density at radius 2 is 0.944 bits per heavy atom. The number of hydrogen-bond acceptors (Lipinski definition) is 7. The zero-order chi connectivity index (χ0) is 27.5. The Morgan fingerprint density at radius 1 is 0.583 bits per heavy atom. The molecule has 0 N–H and O–H groups in total. The molecule has 0 bridgehead atoms. The second-order valence-electron chi connectivity index (χ2n) is 6.43. The second kappa shape index (κ2) is 11.3. The molecule has 0 fully saturated rings. The molecule has 1 heterocycles. The van der Waals surface area contributed by atoms with Crippen molar-refractivity contribution in [1.29, 1.82) is 0 Å². The van der Waals surface area contributed by atoms with Crippen molar-refractivity contribution in [3.05, 3.63) is 30.3 Å². The van der Waals surface area contributed by atoms with E-state index in [-0.39, 0.29) is 5.30 Å². The Morgan fingerprint density at radius 3 is 1.31 bits per heavy atom. The standard InChI is InChI=1S/C14H13F12N3O4P3/c15-11(16,17)6-30-35(31-7-12(18,19)20)27-34(10-4-2-1-3-5-10)28-36(29-35,32-8-13(21,22)23)33-9-14(24,25)26/h1-5H,6-9H2/q+1. The largest absolute Gasteiger partial charge is 0.412 e. The molecule has 0 aromatic heterocycles. The van der Waals surface area contributed by atoms with Crippen molar-refractivity contribution < 1.29 is 70.8 Å². The van der Waals surface area contributed by atoms with Gasteiger partial charge in [0.15, 0.2) is 31.7 Å². The van der Waals surface area contributed by atoms with Gasteiger partial charge >= 0.3 is 47.9 Å². The predicted octanol–water partition coefficient (Wildman–Crippen LogP) is 8.11. The van der Waals surface area contributed by atoms with Gasteiger partial charge in [0.2, 0.25) is 0 Å². The van der Waals surface area contributed by atoms with Crippen LogP contribution >= 0.6 is 23.2 Å². The van der Waals surface area contributed by atoms with Crippen molar-refractivity contribution in [3.8, 4) is 0 Å². The first-order chi connectivity index (χ1) is 16.2. The number of alkyl halides is 12. The van der Waals surface area contributed by atoms with Crippen LogP contribution in [0.1, 0.15) is 0 Å². The van der Waals surface area contributed by atoms with Crippen molar-refractivity contribution in [2.75, 3.05) is 26.4 Å². The van der Waals surface area contributed by atoms with E-state index in [1.165, 1.54) is 18.2 Å². The summed E-state index contributed by atoms with van der Waals surface area (Å²) < 4.78 is 182. The Hall–Kier alpha value is -1.22. The summed E-state index contributed by atoms with van der Waals surface area (Å²) in [6, 6.07) is 6.30. The predicted molar refractivity (Wildman–Crippen MR) is 102 cm³/mol. The van der Waals surface area contributed by atoms with E-state index in [9.17, 15) is 52.7 Å². The first-order valence-electron chi connectivity index (χ1n) is 8.90. The van der Waals surface area contributed by atoms with Crippen LogP contribution in [0.3, 0.4) is 0 Å². The minimum absolute atomic E-state index is 0.117. The highest BCUT2D eigenvalue weighted by Gasteiger charge is 2.49. The van der Waals surface area contributed by atoms with Gasteiger partial charge in [-0.3, -0.25) is 18.1 Å². The Bertz CT molecular complexity index is 954. The monoisotopic (exact) mass is 608 g/mol. The van der Waals surface area contributed by atoms with Crippen molar-refractivity contribution in [3.63, 3.8) is 0 Å². The number of benzene rings is 1. The Balaban J connectivity index is 2.78. The molecule has 2 rings (SSSR count). The number of halogens is 12. The summed E-state index contributed by atoms with van der Waals surface area (Å²) in [7, 11) is -13.4. The Kier molecular flexibility index (Phi) is 9.70. The average molecular weight is 608 g/mol. The summed E-state index contributed by atoms with van der Waals surface area (Å²) in [5, 5.41) is -0.117. The van der Waals surface area contributed by atoms with Crippen molar-refractivity contribution in [1.82, 2.24) is 0 Å². The van der Waals surface area contributed by atoms with E-state index < -0.39 is 74.3 Å². The molecule has 0 amide bonds. The van der Waals surface area contributed by atoms with Crippen LogP contribution in [0.15, 0.2) is 43.9 Å². The molecule has 7 nitrogen and oxygen atoms in total. The number of nitrogens with zero attached hydrogens (tertiary/aromatic N) is 3.